The van der Waals surface area contributed by atoms with E-state index in [0.717, 1.165) is 0 Å². The minimum atomic E-state index is -3.30. The number of amides is 1. The Balaban J connectivity index is 2.28. The summed E-state index contributed by atoms with van der Waals surface area (Å²) in [6.07, 6.45) is -0.840. The Morgan fingerprint density at radius 2 is 2.27 bits per heavy atom. The summed E-state index contributed by atoms with van der Waals surface area (Å²) in [7, 11) is 0. The predicted octanol–water partition coefficient (Wildman–Crippen LogP) is -0.854. The molecule has 1 atom stereocenters. The summed E-state index contributed by atoms with van der Waals surface area (Å²) in [6, 6.07) is 0. The lowest BCUT2D eigenvalue weighted by molar-refractivity contribution is -0.149. The second kappa shape index (κ2) is 5.34. The molecule has 1 unspecified atom stereocenters. The van der Waals surface area contributed by atoms with Crippen LogP contribution in [0.2, 0.25) is 0 Å². The summed E-state index contributed by atoms with van der Waals surface area (Å²) in [6.45, 7) is -1.46. The second-order valence-corrected chi connectivity index (χ2v) is 3.17. The van der Waals surface area contributed by atoms with Crippen LogP contribution < -0.4 is 5.32 Å². The third-order valence-corrected chi connectivity index (χ3v) is 1.86. The summed E-state index contributed by atoms with van der Waals surface area (Å²) in [5.74, 6) is -3.95. The van der Waals surface area contributed by atoms with E-state index in [9.17, 15) is 13.6 Å². The maximum absolute atomic E-state index is 12.5. The summed E-state index contributed by atoms with van der Waals surface area (Å²) in [5.41, 5.74) is 0. The van der Waals surface area contributed by atoms with Crippen LogP contribution in [-0.4, -0.2) is 56.0 Å². The van der Waals surface area contributed by atoms with E-state index < -0.39 is 31.1 Å². The number of aliphatic hydroxyl groups is 1. The van der Waals surface area contributed by atoms with Gasteiger partial charge in [0.1, 0.15) is 6.61 Å². The Kier molecular flexibility index (Phi) is 4.37. The molecule has 5 nitrogen and oxygen atoms in total. The quantitative estimate of drug-likeness (QED) is 0.653. The zero-order chi connectivity index (χ0) is 11.3. The van der Waals surface area contributed by atoms with Gasteiger partial charge in [-0.05, 0) is 0 Å². The van der Waals surface area contributed by atoms with Crippen LogP contribution in [0.5, 0.6) is 0 Å². The average molecular weight is 225 g/mol. The highest BCUT2D eigenvalue weighted by atomic mass is 19.3. The number of rotatable bonds is 4. The van der Waals surface area contributed by atoms with Crippen molar-refractivity contribution in [2.75, 3.05) is 33.0 Å². The molecule has 0 spiro atoms. The molecule has 0 aliphatic carbocycles. The number of ether oxygens (including phenoxy) is 2. The zero-order valence-corrected chi connectivity index (χ0v) is 8.04. The van der Waals surface area contributed by atoms with Crippen LogP contribution in [0.4, 0.5) is 8.78 Å². The first-order valence-corrected chi connectivity index (χ1v) is 4.51. The van der Waals surface area contributed by atoms with Crippen LogP contribution in [0.25, 0.3) is 0 Å². The Morgan fingerprint density at radius 3 is 2.80 bits per heavy atom. The number of nitrogens with one attached hydrogen (secondary N) is 1. The number of hydrogen-bond donors (Lipinski definition) is 2. The van der Waals surface area contributed by atoms with Gasteiger partial charge in [-0.15, -0.1) is 0 Å². The minimum Gasteiger partial charge on any atom is -0.390 e. The molecule has 0 radical (unpaired) electrons. The Labute approximate surface area is 85.4 Å². The van der Waals surface area contributed by atoms with Gasteiger partial charge in [-0.25, -0.2) is 8.78 Å². The number of carbonyl (C=O) groups is 1. The van der Waals surface area contributed by atoms with Gasteiger partial charge in [-0.1, -0.05) is 0 Å². The highest BCUT2D eigenvalue weighted by Crippen LogP contribution is 2.10. The lowest BCUT2D eigenvalue weighted by Crippen LogP contribution is -2.47. The molecule has 0 aromatic rings. The van der Waals surface area contributed by atoms with E-state index in [1.165, 1.54) is 0 Å². The molecular formula is C8H13F2NO4. The minimum absolute atomic E-state index is 0.0660. The highest BCUT2D eigenvalue weighted by Gasteiger charge is 2.30. The number of hydrogen-bond acceptors (Lipinski definition) is 4. The van der Waals surface area contributed by atoms with Crippen molar-refractivity contribution in [2.24, 2.45) is 0 Å². The summed E-state index contributed by atoms with van der Waals surface area (Å²) < 4.78 is 35.0. The lowest BCUT2D eigenvalue weighted by atomic mass is 10.3. The van der Waals surface area contributed by atoms with Crippen LogP contribution in [0.1, 0.15) is 0 Å². The molecular weight excluding hydrogens is 212 g/mol. The van der Waals surface area contributed by atoms with Crippen molar-refractivity contribution in [1.82, 2.24) is 5.32 Å². The topological polar surface area (TPSA) is 67.8 Å². The van der Waals surface area contributed by atoms with Crippen LogP contribution in [0.15, 0.2) is 0 Å². The number of aliphatic hydroxyl groups excluding tert-OH is 1. The van der Waals surface area contributed by atoms with Crippen LogP contribution in [-0.2, 0) is 14.3 Å². The van der Waals surface area contributed by atoms with Gasteiger partial charge in [0.2, 0.25) is 0 Å². The third-order valence-electron chi connectivity index (χ3n) is 1.86. The van der Waals surface area contributed by atoms with Crippen molar-refractivity contribution in [3.05, 3.63) is 0 Å². The van der Waals surface area contributed by atoms with E-state index in [0.29, 0.717) is 6.61 Å². The van der Waals surface area contributed by atoms with Crippen molar-refractivity contribution < 1.29 is 28.2 Å². The molecule has 1 heterocycles. The first-order valence-electron chi connectivity index (χ1n) is 4.51. The average Bonchev–Trinajstić information content (AvgIpc) is 2.27. The fourth-order valence-electron chi connectivity index (χ4n) is 1.03. The molecule has 0 bridgehead atoms. The molecule has 1 aliphatic heterocycles. The predicted molar refractivity (Wildman–Crippen MR) is 45.6 cm³/mol. The first-order chi connectivity index (χ1) is 7.05. The molecule has 7 heteroatoms. The Hall–Kier alpha value is -0.790. The van der Waals surface area contributed by atoms with Crippen molar-refractivity contribution in [2.45, 2.75) is 12.0 Å². The maximum Gasteiger partial charge on any atom is 0.287 e. The SMILES string of the molecule is O=C(NCC(F)(F)CO)C1COCCO1. The van der Waals surface area contributed by atoms with Gasteiger partial charge in [0.05, 0.1) is 26.4 Å². The highest BCUT2D eigenvalue weighted by molar-refractivity contribution is 5.81. The van der Waals surface area contributed by atoms with Crippen LogP contribution >= 0.6 is 0 Å². The van der Waals surface area contributed by atoms with Crippen LogP contribution in [0.3, 0.4) is 0 Å². The first kappa shape index (κ1) is 12.3. The molecule has 1 amide bonds. The van der Waals surface area contributed by atoms with E-state index in [1.54, 1.807) is 0 Å². The Bertz CT molecular complexity index is 219. The molecule has 1 fully saturated rings. The fraction of sp³-hybridized carbons (Fsp3) is 0.875. The van der Waals surface area contributed by atoms with Gasteiger partial charge in [0, 0.05) is 0 Å². The molecule has 0 aromatic heterocycles. The van der Waals surface area contributed by atoms with Crippen molar-refractivity contribution >= 4 is 5.91 Å². The third kappa shape index (κ3) is 4.06. The summed E-state index contributed by atoms with van der Waals surface area (Å²) in [4.78, 5) is 11.2. The molecule has 88 valence electrons. The molecule has 15 heavy (non-hydrogen) atoms. The molecule has 2 N–H and O–H groups in total. The van der Waals surface area contributed by atoms with Gasteiger partial charge < -0.3 is 19.9 Å². The monoisotopic (exact) mass is 225 g/mol. The molecule has 1 saturated heterocycles. The van der Waals surface area contributed by atoms with E-state index in [4.69, 9.17) is 14.6 Å². The van der Waals surface area contributed by atoms with E-state index in [2.05, 4.69) is 0 Å². The number of alkyl halides is 2. The molecule has 0 aromatic carbocycles. The second-order valence-electron chi connectivity index (χ2n) is 3.17. The summed E-state index contributed by atoms with van der Waals surface area (Å²) in [5, 5.41) is 10.2. The largest absolute Gasteiger partial charge is 0.390 e. The van der Waals surface area contributed by atoms with Crippen molar-refractivity contribution in [3.8, 4) is 0 Å². The molecule has 0 saturated carbocycles. The van der Waals surface area contributed by atoms with Gasteiger partial charge in [0.15, 0.2) is 6.10 Å². The normalized spacial score (nSPS) is 22.5. The van der Waals surface area contributed by atoms with Crippen molar-refractivity contribution in [3.63, 3.8) is 0 Å². The van der Waals surface area contributed by atoms with Gasteiger partial charge in [0.25, 0.3) is 11.8 Å². The van der Waals surface area contributed by atoms with E-state index in [-0.39, 0.29) is 13.2 Å². The van der Waals surface area contributed by atoms with E-state index in [1.807, 2.05) is 5.32 Å². The smallest absolute Gasteiger partial charge is 0.287 e. The zero-order valence-electron chi connectivity index (χ0n) is 8.04. The van der Waals surface area contributed by atoms with Crippen LogP contribution in [0, 0.1) is 0 Å². The fourth-order valence-corrected chi connectivity index (χ4v) is 1.03. The van der Waals surface area contributed by atoms with Gasteiger partial charge in [-0.2, -0.15) is 0 Å². The molecule has 1 rings (SSSR count). The Morgan fingerprint density at radius 1 is 1.53 bits per heavy atom. The summed E-state index contributed by atoms with van der Waals surface area (Å²) >= 11 is 0. The van der Waals surface area contributed by atoms with Crippen molar-refractivity contribution in [1.29, 1.82) is 0 Å². The van der Waals surface area contributed by atoms with E-state index >= 15 is 0 Å². The van der Waals surface area contributed by atoms with Gasteiger partial charge >= 0.3 is 0 Å². The number of carbonyl (C=O) groups excluding carboxylic acids is 1. The van der Waals surface area contributed by atoms with Gasteiger partial charge in [-0.3, -0.25) is 4.79 Å². The molecule has 1 aliphatic rings. The lowest BCUT2D eigenvalue weighted by Gasteiger charge is -2.23. The maximum atomic E-state index is 12.5. The standard InChI is InChI=1S/C8H13F2NO4/c9-8(10,5-12)4-11-7(13)6-3-14-1-2-15-6/h6,12H,1-5H2,(H,11,13). The number of halogens is 2.